The van der Waals surface area contributed by atoms with Crippen molar-refractivity contribution >= 4 is 44.5 Å². The molecule has 0 saturated heterocycles. The molecule has 0 N–H and O–H groups in total. The molecule has 3 heteroatoms. The highest BCUT2D eigenvalue weighted by Crippen LogP contribution is 2.45. The Hall–Kier alpha value is -6.84. The van der Waals surface area contributed by atoms with E-state index in [2.05, 4.69) is 204 Å². The van der Waals surface area contributed by atoms with Gasteiger partial charge in [0.2, 0.25) is 0 Å². The van der Waals surface area contributed by atoms with Crippen LogP contribution in [0.3, 0.4) is 0 Å². The van der Waals surface area contributed by atoms with E-state index in [1.54, 1.807) is 0 Å². The summed E-state index contributed by atoms with van der Waals surface area (Å²) in [6.07, 6.45) is 20.5. The fourth-order valence-corrected chi connectivity index (χ4v) is 9.39. The summed E-state index contributed by atoms with van der Waals surface area (Å²) in [6, 6.07) is 54.8. The number of hydrogen-bond donors (Lipinski definition) is 0. The van der Waals surface area contributed by atoms with Gasteiger partial charge < -0.3 is 14.2 Å². The van der Waals surface area contributed by atoms with Gasteiger partial charge in [0.05, 0.1) is 11.0 Å². The number of benzene rings is 6. The maximum atomic E-state index is 6.48. The van der Waals surface area contributed by atoms with Crippen molar-refractivity contribution in [3.8, 4) is 16.9 Å². The minimum Gasteiger partial charge on any atom is -0.485 e. The SMILES string of the molecule is C1=CC(n2c3ccccc3c3ccccc32)=C(C2=CC=C(c3ccc(N(C4=CC5Oc6ccccc6C5C=C4)c4ccc(-c5ccccc5)cc4)cc3)CC2)CC1. The van der Waals surface area contributed by atoms with Crippen molar-refractivity contribution in [1.82, 2.24) is 4.57 Å². The molecule has 2 atom stereocenters. The van der Waals surface area contributed by atoms with Gasteiger partial charge in [-0.25, -0.2) is 0 Å². The summed E-state index contributed by atoms with van der Waals surface area (Å²) in [4.78, 5) is 2.37. The maximum absolute atomic E-state index is 6.48. The number of rotatable bonds is 7. The lowest BCUT2D eigenvalue weighted by Crippen LogP contribution is -2.24. The lowest BCUT2D eigenvalue weighted by molar-refractivity contribution is 0.267. The summed E-state index contributed by atoms with van der Waals surface area (Å²) in [6.45, 7) is 0. The third-order valence-corrected chi connectivity index (χ3v) is 12.2. The Morgan fingerprint density at radius 2 is 1.16 bits per heavy atom. The zero-order chi connectivity index (χ0) is 37.7. The lowest BCUT2D eigenvalue weighted by Gasteiger charge is -2.30. The number of ether oxygens (including phenoxy) is 1. The molecule has 2 unspecified atom stereocenters. The smallest absolute Gasteiger partial charge is 0.130 e. The Bertz CT molecular complexity index is 2810. The molecular weight excluding hydrogens is 693 g/mol. The topological polar surface area (TPSA) is 17.4 Å². The summed E-state index contributed by atoms with van der Waals surface area (Å²) in [5.41, 5.74) is 16.5. The summed E-state index contributed by atoms with van der Waals surface area (Å²) >= 11 is 0. The Balaban J connectivity index is 0.922. The first-order valence-corrected chi connectivity index (χ1v) is 20.3. The van der Waals surface area contributed by atoms with Crippen molar-refractivity contribution in [2.24, 2.45) is 0 Å². The van der Waals surface area contributed by atoms with E-state index in [0.29, 0.717) is 0 Å². The minimum absolute atomic E-state index is 0.0358. The first kappa shape index (κ1) is 33.5. The first-order chi connectivity index (χ1) is 28.3. The number of para-hydroxylation sites is 3. The molecule has 274 valence electrons. The third-order valence-electron chi connectivity index (χ3n) is 12.2. The van der Waals surface area contributed by atoms with Gasteiger partial charge in [0.15, 0.2) is 0 Å². The van der Waals surface area contributed by atoms with Crippen LogP contribution >= 0.6 is 0 Å². The lowest BCUT2D eigenvalue weighted by atomic mass is 9.86. The van der Waals surface area contributed by atoms with Crippen LogP contribution in [0.2, 0.25) is 0 Å². The van der Waals surface area contributed by atoms with Crippen molar-refractivity contribution in [3.63, 3.8) is 0 Å². The zero-order valence-electron chi connectivity index (χ0n) is 31.8. The molecule has 0 radical (unpaired) electrons. The molecular formula is C54H42N2O. The van der Waals surface area contributed by atoms with Crippen molar-refractivity contribution in [3.05, 3.63) is 222 Å². The van der Waals surface area contributed by atoms with Crippen LogP contribution in [-0.2, 0) is 0 Å². The molecule has 0 saturated carbocycles. The van der Waals surface area contributed by atoms with Crippen LogP contribution in [0.5, 0.6) is 5.75 Å². The molecule has 6 aromatic carbocycles. The van der Waals surface area contributed by atoms with Gasteiger partial charge >= 0.3 is 0 Å². The monoisotopic (exact) mass is 734 g/mol. The molecule has 1 aliphatic heterocycles. The van der Waals surface area contributed by atoms with E-state index in [1.165, 1.54) is 66.5 Å². The Morgan fingerprint density at radius 3 is 1.88 bits per heavy atom. The van der Waals surface area contributed by atoms with Crippen LogP contribution in [0.4, 0.5) is 11.4 Å². The molecule has 11 rings (SSSR count). The quantitative estimate of drug-likeness (QED) is 0.162. The molecule has 0 spiro atoms. The predicted octanol–water partition coefficient (Wildman–Crippen LogP) is 14.0. The predicted molar refractivity (Wildman–Crippen MR) is 238 cm³/mol. The highest BCUT2D eigenvalue weighted by molar-refractivity contribution is 6.10. The number of hydrogen-bond acceptors (Lipinski definition) is 2. The molecule has 57 heavy (non-hydrogen) atoms. The van der Waals surface area contributed by atoms with Gasteiger partial charge in [-0.1, -0.05) is 133 Å². The van der Waals surface area contributed by atoms with Crippen LogP contribution in [0.25, 0.3) is 44.2 Å². The van der Waals surface area contributed by atoms with Gasteiger partial charge in [0, 0.05) is 45.0 Å². The summed E-state index contributed by atoms with van der Waals surface area (Å²) < 4.78 is 8.97. The van der Waals surface area contributed by atoms with Gasteiger partial charge in [-0.05, 0) is 120 Å². The number of allylic oxidation sites excluding steroid dienone is 9. The molecule has 4 aliphatic rings. The molecule has 0 bridgehead atoms. The molecule has 0 amide bonds. The Kier molecular flexibility index (Phi) is 8.24. The Labute approximate surface area is 334 Å². The molecule has 7 aromatic rings. The summed E-state index contributed by atoms with van der Waals surface area (Å²) in [5, 5.41) is 2.62. The molecule has 3 nitrogen and oxygen atoms in total. The van der Waals surface area contributed by atoms with E-state index < -0.39 is 0 Å². The van der Waals surface area contributed by atoms with Crippen LogP contribution < -0.4 is 9.64 Å². The second kappa shape index (κ2) is 14.0. The minimum atomic E-state index is -0.0358. The van der Waals surface area contributed by atoms with Gasteiger partial charge in [0.1, 0.15) is 11.9 Å². The van der Waals surface area contributed by atoms with Crippen LogP contribution in [-0.4, -0.2) is 10.7 Å². The summed E-state index contributed by atoms with van der Waals surface area (Å²) in [7, 11) is 0. The second-order valence-electron chi connectivity index (χ2n) is 15.5. The highest BCUT2D eigenvalue weighted by Gasteiger charge is 2.34. The van der Waals surface area contributed by atoms with E-state index in [9.17, 15) is 0 Å². The molecule has 1 aromatic heterocycles. The van der Waals surface area contributed by atoms with Crippen LogP contribution in [0.1, 0.15) is 42.7 Å². The van der Waals surface area contributed by atoms with Crippen molar-refractivity contribution in [2.75, 3.05) is 4.90 Å². The standard InChI is InChI=1S/C54H42N2O/c1-2-12-37(13-3-1)39-26-30-42(31-27-39)55(44-34-35-49-48-17-7-11-21-53(48)57-54(49)36-44)43-32-28-40(29-33-43)38-22-24-41(25-23-38)45-14-4-8-18-50(45)56-51-19-9-5-15-46(51)47-16-6-10-20-52(47)56/h1-3,5-13,15-22,24,26-36,49,54H,4,14,23,25H2. The first-order valence-electron chi connectivity index (χ1n) is 20.3. The van der Waals surface area contributed by atoms with Crippen LogP contribution in [0, 0.1) is 0 Å². The van der Waals surface area contributed by atoms with Gasteiger partial charge in [-0.3, -0.25) is 0 Å². The van der Waals surface area contributed by atoms with E-state index >= 15 is 0 Å². The average Bonchev–Trinajstić information content (AvgIpc) is 3.83. The maximum Gasteiger partial charge on any atom is 0.130 e. The fourth-order valence-electron chi connectivity index (χ4n) is 9.39. The van der Waals surface area contributed by atoms with Crippen molar-refractivity contribution in [2.45, 2.75) is 37.7 Å². The van der Waals surface area contributed by atoms with Crippen molar-refractivity contribution in [1.29, 1.82) is 0 Å². The number of anilines is 2. The third kappa shape index (κ3) is 5.90. The van der Waals surface area contributed by atoms with E-state index in [4.69, 9.17) is 4.74 Å². The van der Waals surface area contributed by atoms with Gasteiger partial charge in [0.25, 0.3) is 0 Å². The number of nitrogens with zero attached hydrogens (tertiary/aromatic N) is 2. The van der Waals surface area contributed by atoms with Crippen molar-refractivity contribution < 1.29 is 4.74 Å². The number of aromatic nitrogens is 1. The fraction of sp³-hybridized carbons (Fsp3) is 0.111. The largest absolute Gasteiger partial charge is 0.485 e. The molecule has 3 aliphatic carbocycles. The van der Waals surface area contributed by atoms with Crippen LogP contribution in [0.15, 0.2) is 211 Å². The van der Waals surface area contributed by atoms with E-state index in [0.717, 1.165) is 48.5 Å². The van der Waals surface area contributed by atoms with Gasteiger partial charge in [-0.15, -0.1) is 0 Å². The molecule has 0 fully saturated rings. The normalized spacial score (nSPS) is 18.5. The summed E-state index contributed by atoms with van der Waals surface area (Å²) in [5.74, 6) is 1.21. The average molecular weight is 735 g/mol. The molecule has 2 heterocycles. The highest BCUT2D eigenvalue weighted by atomic mass is 16.5. The number of fused-ring (bicyclic) bond motifs is 6. The van der Waals surface area contributed by atoms with E-state index in [-0.39, 0.29) is 12.0 Å². The second-order valence-corrected chi connectivity index (χ2v) is 15.5. The van der Waals surface area contributed by atoms with Gasteiger partial charge in [-0.2, -0.15) is 0 Å². The zero-order valence-corrected chi connectivity index (χ0v) is 31.8. The van der Waals surface area contributed by atoms with E-state index in [1.807, 2.05) is 0 Å². The Morgan fingerprint density at radius 1 is 0.544 bits per heavy atom.